The number of nitro groups is 1. The molecule has 4 rings (SSSR count). The Morgan fingerprint density at radius 3 is 2.68 bits per heavy atom. The number of thiophene rings is 1. The van der Waals surface area contributed by atoms with E-state index in [1.165, 1.54) is 12.1 Å². The summed E-state index contributed by atoms with van der Waals surface area (Å²) in [6.45, 7) is 3.16. The molecular formula is C12H15N3O3S. The number of amides is 1. The number of carbonyl (C=O) groups is 1. The van der Waals surface area contributed by atoms with E-state index in [0.29, 0.717) is 10.8 Å². The van der Waals surface area contributed by atoms with E-state index in [2.05, 4.69) is 10.2 Å². The first-order valence-corrected chi connectivity index (χ1v) is 7.22. The molecule has 1 N–H and O–H groups in total. The van der Waals surface area contributed by atoms with Crippen LogP contribution in [0.3, 0.4) is 0 Å². The first-order valence-electron chi connectivity index (χ1n) is 6.41. The highest BCUT2D eigenvalue weighted by atomic mass is 32.1. The third-order valence-electron chi connectivity index (χ3n) is 3.97. The van der Waals surface area contributed by atoms with Crippen molar-refractivity contribution in [1.29, 1.82) is 0 Å². The minimum Gasteiger partial charge on any atom is -0.347 e. The van der Waals surface area contributed by atoms with Gasteiger partial charge in [0.05, 0.1) is 9.80 Å². The molecule has 1 aromatic heterocycles. The number of rotatable bonds is 3. The van der Waals surface area contributed by atoms with Crippen molar-refractivity contribution >= 4 is 22.2 Å². The van der Waals surface area contributed by atoms with Crippen molar-refractivity contribution in [3.05, 3.63) is 27.1 Å². The maximum atomic E-state index is 12.1. The predicted molar refractivity (Wildman–Crippen MR) is 71.4 cm³/mol. The Bertz CT molecular complexity index is 508. The zero-order chi connectivity index (χ0) is 13.4. The van der Waals surface area contributed by atoms with Crippen LogP contribution in [0.5, 0.6) is 0 Å². The highest BCUT2D eigenvalue weighted by molar-refractivity contribution is 7.17. The number of fused-ring (bicyclic) bond motifs is 3. The van der Waals surface area contributed by atoms with Crippen LogP contribution in [0, 0.1) is 16.0 Å². The van der Waals surface area contributed by atoms with Gasteiger partial charge in [0.25, 0.3) is 5.91 Å². The molecule has 7 heteroatoms. The molecule has 0 saturated carbocycles. The summed E-state index contributed by atoms with van der Waals surface area (Å²) in [4.78, 5) is 25.0. The predicted octanol–water partition coefficient (Wildman–Crippen LogP) is 1.48. The Balaban J connectivity index is 1.66. The van der Waals surface area contributed by atoms with Crippen LogP contribution >= 0.6 is 11.3 Å². The van der Waals surface area contributed by atoms with Gasteiger partial charge in [-0.15, -0.1) is 0 Å². The van der Waals surface area contributed by atoms with Crippen LogP contribution in [-0.4, -0.2) is 41.4 Å². The lowest BCUT2D eigenvalue weighted by atomic mass is 9.84. The third-order valence-corrected chi connectivity index (χ3v) is 5.00. The third kappa shape index (κ3) is 2.48. The van der Waals surface area contributed by atoms with Crippen LogP contribution in [0.2, 0.25) is 0 Å². The number of hydrogen-bond acceptors (Lipinski definition) is 5. The van der Waals surface area contributed by atoms with Crippen molar-refractivity contribution in [2.45, 2.75) is 18.9 Å². The van der Waals surface area contributed by atoms with Crippen molar-refractivity contribution in [2.75, 3.05) is 19.6 Å². The molecule has 3 saturated heterocycles. The fourth-order valence-corrected chi connectivity index (χ4v) is 3.64. The molecule has 19 heavy (non-hydrogen) atoms. The molecule has 3 fully saturated rings. The van der Waals surface area contributed by atoms with Crippen molar-refractivity contribution in [3.8, 4) is 0 Å². The normalized spacial score (nSPS) is 29.2. The molecule has 3 aliphatic rings. The van der Waals surface area contributed by atoms with E-state index in [4.69, 9.17) is 0 Å². The van der Waals surface area contributed by atoms with Gasteiger partial charge in [-0.2, -0.15) is 0 Å². The highest BCUT2D eigenvalue weighted by Crippen LogP contribution is 2.28. The molecule has 102 valence electrons. The van der Waals surface area contributed by atoms with E-state index >= 15 is 0 Å². The topological polar surface area (TPSA) is 75.5 Å². The quantitative estimate of drug-likeness (QED) is 0.673. The van der Waals surface area contributed by atoms with E-state index < -0.39 is 4.92 Å². The lowest BCUT2D eigenvalue weighted by Crippen LogP contribution is -2.57. The summed E-state index contributed by atoms with van der Waals surface area (Å²) in [6.07, 6.45) is 2.27. The second-order valence-electron chi connectivity index (χ2n) is 5.11. The minimum atomic E-state index is -0.463. The maximum Gasteiger partial charge on any atom is 0.324 e. The summed E-state index contributed by atoms with van der Waals surface area (Å²) in [7, 11) is 0. The number of nitrogens with one attached hydrogen (secondary N) is 1. The summed E-state index contributed by atoms with van der Waals surface area (Å²) >= 11 is 0.933. The summed E-state index contributed by atoms with van der Waals surface area (Å²) in [5.74, 6) is 0.376. The molecule has 6 nitrogen and oxygen atoms in total. The average Bonchev–Trinajstić information content (AvgIpc) is 2.90. The SMILES string of the molecule is O=C(N[C@H]1CN2CCC1CC2)[13c]1ccc([N+](=O)[O-])s1. The van der Waals surface area contributed by atoms with E-state index in [1.54, 1.807) is 0 Å². The number of piperidine rings is 3. The van der Waals surface area contributed by atoms with Gasteiger partial charge < -0.3 is 10.2 Å². The Kier molecular flexibility index (Phi) is 3.24. The van der Waals surface area contributed by atoms with E-state index in [1.807, 2.05) is 0 Å². The maximum absolute atomic E-state index is 12.1. The largest absolute Gasteiger partial charge is 0.347 e. The van der Waals surface area contributed by atoms with Crippen LogP contribution in [-0.2, 0) is 0 Å². The minimum absolute atomic E-state index is 0.0130. The smallest absolute Gasteiger partial charge is 0.324 e. The summed E-state index contributed by atoms with van der Waals surface area (Å²) in [6, 6.07) is 3.10. The van der Waals surface area contributed by atoms with Gasteiger partial charge >= 0.3 is 5.00 Å². The van der Waals surface area contributed by atoms with Crippen LogP contribution in [0.1, 0.15) is 22.5 Å². The fraction of sp³-hybridized carbons (Fsp3) is 0.583. The first-order chi connectivity index (χ1) is 9.13. The summed E-state index contributed by atoms with van der Waals surface area (Å²) < 4.78 is 0. The second-order valence-corrected chi connectivity index (χ2v) is 6.18. The van der Waals surface area contributed by atoms with E-state index in [9.17, 15) is 14.9 Å². The average molecular weight is 282 g/mol. The van der Waals surface area contributed by atoms with E-state index in [0.717, 1.165) is 43.8 Å². The highest BCUT2D eigenvalue weighted by Gasteiger charge is 2.35. The van der Waals surface area contributed by atoms with Crippen molar-refractivity contribution in [3.63, 3.8) is 0 Å². The molecule has 4 heterocycles. The van der Waals surface area contributed by atoms with Gasteiger partial charge in [0.2, 0.25) is 0 Å². The van der Waals surface area contributed by atoms with E-state index in [-0.39, 0.29) is 17.0 Å². The van der Waals surface area contributed by atoms with Crippen molar-refractivity contribution < 1.29 is 9.72 Å². The lowest BCUT2D eigenvalue weighted by molar-refractivity contribution is -0.380. The van der Waals surface area contributed by atoms with Gasteiger partial charge in [0, 0.05) is 18.7 Å². The summed E-state index contributed by atoms with van der Waals surface area (Å²) in [5.41, 5.74) is 0. The lowest BCUT2D eigenvalue weighted by Gasteiger charge is -2.44. The molecule has 0 aliphatic carbocycles. The fourth-order valence-electron chi connectivity index (χ4n) is 2.92. The molecule has 1 amide bonds. The Labute approximate surface area is 114 Å². The molecule has 2 bridgehead atoms. The van der Waals surface area contributed by atoms with Crippen LogP contribution in [0.4, 0.5) is 5.00 Å². The first kappa shape index (κ1) is 12.6. The number of hydrogen-bond donors (Lipinski definition) is 1. The van der Waals surface area contributed by atoms with Gasteiger partial charge in [-0.05, 0) is 37.9 Å². The monoisotopic (exact) mass is 282 g/mol. The Morgan fingerprint density at radius 2 is 2.16 bits per heavy atom. The van der Waals surface area contributed by atoms with Gasteiger partial charge in [0.1, 0.15) is 0 Å². The van der Waals surface area contributed by atoms with Crippen molar-refractivity contribution in [2.24, 2.45) is 5.92 Å². The zero-order valence-electron chi connectivity index (χ0n) is 10.4. The van der Waals surface area contributed by atoms with Gasteiger partial charge in [-0.1, -0.05) is 11.3 Å². The van der Waals surface area contributed by atoms with Crippen LogP contribution < -0.4 is 5.32 Å². The number of nitrogens with zero attached hydrogens (tertiary/aromatic N) is 2. The molecule has 0 spiro atoms. The van der Waals surface area contributed by atoms with Crippen molar-refractivity contribution in [1.82, 2.24) is 10.2 Å². The second kappa shape index (κ2) is 4.90. The molecule has 0 radical (unpaired) electrons. The Hall–Kier alpha value is -1.47. The van der Waals surface area contributed by atoms with Crippen LogP contribution in [0.15, 0.2) is 12.1 Å². The summed E-state index contributed by atoms with van der Waals surface area (Å²) in [5, 5.41) is 13.6. The number of carbonyl (C=O) groups excluding carboxylic acids is 1. The van der Waals surface area contributed by atoms with Crippen LogP contribution in [0.25, 0.3) is 0 Å². The molecule has 1 aromatic rings. The molecule has 0 aromatic carbocycles. The van der Waals surface area contributed by atoms with Gasteiger partial charge in [0.15, 0.2) is 0 Å². The molecular weight excluding hydrogens is 267 g/mol. The molecule has 3 aliphatic heterocycles. The molecule has 0 unspecified atom stereocenters. The zero-order valence-corrected chi connectivity index (χ0v) is 11.2. The van der Waals surface area contributed by atoms with Gasteiger partial charge in [-0.3, -0.25) is 14.9 Å². The Morgan fingerprint density at radius 1 is 1.42 bits per heavy atom. The molecule has 1 atom stereocenters. The van der Waals surface area contributed by atoms with Gasteiger partial charge in [-0.25, -0.2) is 0 Å². The standard InChI is InChI=1S/C12H15N3O3S/c16-12(10-1-2-11(19-10)15(17)18)13-9-7-14-5-3-8(9)4-6-14/h1-2,8-9H,3-7H2,(H,13,16)/t9-/m0/s1/i10+1.